The van der Waals surface area contributed by atoms with Crippen molar-refractivity contribution in [3.8, 4) is 0 Å². The quantitative estimate of drug-likeness (QED) is 0.650. The molecular formula is C11H18N2O4S. The Kier molecular flexibility index (Phi) is 6.20. The van der Waals surface area contributed by atoms with Crippen LogP contribution in [0, 0.1) is 0 Å². The lowest BCUT2D eigenvalue weighted by Gasteiger charge is -2.20. The highest BCUT2D eigenvalue weighted by atomic mass is 32.2. The highest BCUT2D eigenvalue weighted by Crippen LogP contribution is 2.05. The minimum absolute atomic E-state index is 0.0131. The summed E-state index contributed by atoms with van der Waals surface area (Å²) in [6, 6.07) is 3.52. The Labute approximate surface area is 107 Å². The summed E-state index contributed by atoms with van der Waals surface area (Å²) in [7, 11) is -3.45. The summed E-state index contributed by atoms with van der Waals surface area (Å²) < 4.78 is 25.0. The molecule has 1 rings (SSSR count). The zero-order valence-corrected chi connectivity index (χ0v) is 10.9. The molecule has 6 nitrogen and oxygen atoms in total. The zero-order chi connectivity index (χ0) is 13.4. The van der Waals surface area contributed by atoms with Crippen LogP contribution in [0.25, 0.3) is 0 Å². The number of hydrogen-bond donors (Lipinski definition) is 2. The standard InChI is InChI=1S/C11H18N2O4S/c14-8-6-13(7-9-15)18(16,17)10-3-11-1-4-12-5-2-11/h1-2,4-5,14-15H,3,6-10H2. The number of nitrogens with zero attached hydrogens (tertiary/aromatic N) is 2. The molecule has 7 heteroatoms. The van der Waals surface area contributed by atoms with Crippen LogP contribution < -0.4 is 0 Å². The Bertz CT molecular complexity index is 430. The molecule has 2 N–H and O–H groups in total. The maximum atomic E-state index is 12.0. The van der Waals surface area contributed by atoms with Gasteiger partial charge < -0.3 is 10.2 Å². The van der Waals surface area contributed by atoms with Gasteiger partial charge in [0, 0.05) is 25.5 Å². The van der Waals surface area contributed by atoms with Gasteiger partial charge in [-0.05, 0) is 24.1 Å². The van der Waals surface area contributed by atoms with E-state index in [0.717, 1.165) is 9.87 Å². The topological polar surface area (TPSA) is 90.7 Å². The number of aliphatic hydroxyl groups is 2. The first kappa shape index (κ1) is 15.0. The van der Waals surface area contributed by atoms with Crippen LogP contribution in [0.2, 0.25) is 0 Å². The van der Waals surface area contributed by atoms with Gasteiger partial charge in [-0.25, -0.2) is 8.42 Å². The van der Waals surface area contributed by atoms with Crippen molar-refractivity contribution < 1.29 is 18.6 Å². The van der Waals surface area contributed by atoms with Gasteiger partial charge in [-0.2, -0.15) is 4.31 Å². The average molecular weight is 274 g/mol. The van der Waals surface area contributed by atoms with Crippen LogP contribution in [0.3, 0.4) is 0 Å². The first-order chi connectivity index (χ1) is 8.60. The summed E-state index contributed by atoms with van der Waals surface area (Å²) >= 11 is 0. The van der Waals surface area contributed by atoms with Gasteiger partial charge in [-0.3, -0.25) is 4.98 Å². The second-order valence-corrected chi connectivity index (χ2v) is 5.86. The molecule has 0 aromatic carbocycles. The third-order valence-corrected chi connectivity index (χ3v) is 4.36. The smallest absolute Gasteiger partial charge is 0.214 e. The predicted molar refractivity (Wildman–Crippen MR) is 67.5 cm³/mol. The fourth-order valence-corrected chi connectivity index (χ4v) is 3.01. The number of aliphatic hydroxyl groups excluding tert-OH is 2. The highest BCUT2D eigenvalue weighted by molar-refractivity contribution is 7.89. The van der Waals surface area contributed by atoms with E-state index in [1.165, 1.54) is 0 Å². The van der Waals surface area contributed by atoms with Crippen LogP contribution in [-0.2, 0) is 16.4 Å². The summed E-state index contributed by atoms with van der Waals surface area (Å²) in [6.45, 7) is -0.485. The Morgan fingerprint density at radius 2 is 1.67 bits per heavy atom. The number of aryl methyl sites for hydroxylation is 1. The third kappa shape index (κ3) is 4.69. The van der Waals surface area contributed by atoms with Crippen molar-refractivity contribution in [1.82, 2.24) is 9.29 Å². The molecule has 18 heavy (non-hydrogen) atoms. The molecule has 0 atom stereocenters. The minimum Gasteiger partial charge on any atom is -0.395 e. The van der Waals surface area contributed by atoms with Gasteiger partial charge in [0.2, 0.25) is 10.0 Å². The molecular weight excluding hydrogens is 256 g/mol. The van der Waals surface area contributed by atoms with E-state index in [-0.39, 0.29) is 32.1 Å². The summed E-state index contributed by atoms with van der Waals surface area (Å²) in [5.41, 5.74) is 0.890. The minimum atomic E-state index is -3.45. The van der Waals surface area contributed by atoms with Crippen LogP contribution in [0.1, 0.15) is 5.56 Å². The van der Waals surface area contributed by atoms with Crippen LogP contribution in [0.15, 0.2) is 24.5 Å². The lowest BCUT2D eigenvalue weighted by molar-refractivity contribution is 0.217. The molecule has 0 aliphatic heterocycles. The molecule has 0 amide bonds. The molecule has 0 unspecified atom stereocenters. The van der Waals surface area contributed by atoms with E-state index in [1.54, 1.807) is 24.5 Å². The van der Waals surface area contributed by atoms with E-state index in [9.17, 15) is 8.42 Å². The van der Waals surface area contributed by atoms with E-state index in [4.69, 9.17) is 10.2 Å². The number of pyridine rings is 1. The Hall–Kier alpha value is -1.02. The average Bonchev–Trinajstić information content (AvgIpc) is 2.37. The molecule has 0 aliphatic rings. The normalized spacial score (nSPS) is 11.9. The second kappa shape index (κ2) is 7.42. The van der Waals surface area contributed by atoms with Crippen LogP contribution in [0.5, 0.6) is 0 Å². The van der Waals surface area contributed by atoms with Crippen LogP contribution >= 0.6 is 0 Å². The van der Waals surface area contributed by atoms with Gasteiger partial charge in [0.25, 0.3) is 0 Å². The van der Waals surface area contributed by atoms with E-state index < -0.39 is 10.0 Å². The number of aromatic nitrogens is 1. The van der Waals surface area contributed by atoms with Crippen molar-refractivity contribution in [1.29, 1.82) is 0 Å². The van der Waals surface area contributed by atoms with Crippen LogP contribution in [0.4, 0.5) is 0 Å². The SMILES string of the molecule is O=S(=O)(CCc1ccncc1)N(CCO)CCO. The lowest BCUT2D eigenvalue weighted by atomic mass is 10.2. The van der Waals surface area contributed by atoms with Gasteiger partial charge in [0.1, 0.15) is 0 Å². The van der Waals surface area contributed by atoms with E-state index in [1.807, 2.05) is 0 Å². The Morgan fingerprint density at radius 1 is 1.11 bits per heavy atom. The summed E-state index contributed by atoms with van der Waals surface area (Å²) in [5.74, 6) is -0.0446. The monoisotopic (exact) mass is 274 g/mol. The predicted octanol–water partition coefficient (Wildman–Crippen LogP) is -0.759. The van der Waals surface area contributed by atoms with Crippen molar-refractivity contribution in [3.63, 3.8) is 0 Å². The first-order valence-corrected chi connectivity index (χ1v) is 7.29. The number of rotatable bonds is 8. The van der Waals surface area contributed by atoms with Crippen molar-refractivity contribution in [3.05, 3.63) is 30.1 Å². The molecule has 1 heterocycles. The molecule has 0 saturated carbocycles. The highest BCUT2D eigenvalue weighted by Gasteiger charge is 2.20. The molecule has 0 fully saturated rings. The van der Waals surface area contributed by atoms with Crippen molar-refractivity contribution in [2.24, 2.45) is 0 Å². The summed E-state index contributed by atoms with van der Waals surface area (Å²) in [6.07, 6.45) is 3.61. The largest absolute Gasteiger partial charge is 0.395 e. The van der Waals surface area contributed by atoms with Crippen LogP contribution in [-0.4, -0.2) is 60.0 Å². The van der Waals surface area contributed by atoms with Gasteiger partial charge in [0.15, 0.2) is 0 Å². The Balaban J connectivity index is 2.62. The zero-order valence-electron chi connectivity index (χ0n) is 10.1. The molecule has 0 aliphatic carbocycles. The second-order valence-electron chi connectivity index (χ2n) is 3.77. The van der Waals surface area contributed by atoms with E-state index in [2.05, 4.69) is 4.98 Å². The maximum Gasteiger partial charge on any atom is 0.214 e. The first-order valence-electron chi connectivity index (χ1n) is 5.68. The Morgan fingerprint density at radius 3 is 2.17 bits per heavy atom. The lowest BCUT2D eigenvalue weighted by Crippen LogP contribution is -2.37. The third-order valence-electron chi connectivity index (χ3n) is 2.49. The van der Waals surface area contributed by atoms with E-state index in [0.29, 0.717) is 6.42 Å². The van der Waals surface area contributed by atoms with Gasteiger partial charge in [0.05, 0.1) is 19.0 Å². The summed E-state index contributed by atoms with van der Waals surface area (Å²) in [4.78, 5) is 3.86. The molecule has 102 valence electrons. The number of hydrogen-bond acceptors (Lipinski definition) is 5. The van der Waals surface area contributed by atoms with E-state index >= 15 is 0 Å². The molecule has 1 aromatic rings. The molecule has 1 aromatic heterocycles. The fraction of sp³-hybridized carbons (Fsp3) is 0.545. The van der Waals surface area contributed by atoms with Gasteiger partial charge in [-0.15, -0.1) is 0 Å². The fourth-order valence-electron chi connectivity index (χ4n) is 1.54. The summed E-state index contributed by atoms with van der Waals surface area (Å²) in [5, 5.41) is 17.6. The maximum absolute atomic E-state index is 12.0. The van der Waals surface area contributed by atoms with Crippen molar-refractivity contribution >= 4 is 10.0 Å². The van der Waals surface area contributed by atoms with Crippen molar-refractivity contribution in [2.75, 3.05) is 32.1 Å². The van der Waals surface area contributed by atoms with Gasteiger partial charge >= 0.3 is 0 Å². The molecule has 0 bridgehead atoms. The van der Waals surface area contributed by atoms with Crippen molar-refractivity contribution in [2.45, 2.75) is 6.42 Å². The number of sulfonamides is 1. The molecule has 0 saturated heterocycles. The van der Waals surface area contributed by atoms with Gasteiger partial charge in [-0.1, -0.05) is 0 Å². The molecule has 0 radical (unpaired) electrons. The molecule has 0 spiro atoms.